The second-order valence-corrected chi connectivity index (χ2v) is 8.95. The Morgan fingerprint density at radius 1 is 1.06 bits per heavy atom. The van der Waals surface area contributed by atoms with Crippen LogP contribution in [0.25, 0.3) is 17.1 Å². The van der Waals surface area contributed by atoms with Crippen molar-refractivity contribution in [2.75, 3.05) is 12.4 Å². The normalized spacial score (nSPS) is 11.1. The Kier molecular flexibility index (Phi) is 8.18. The fraction of sp³-hybridized carbons (Fsp3) is 0.154. The molecule has 1 aromatic heterocycles. The summed E-state index contributed by atoms with van der Waals surface area (Å²) in [5.74, 6) is 1.34. The van der Waals surface area contributed by atoms with Crippen LogP contribution in [0.2, 0.25) is 5.02 Å². The van der Waals surface area contributed by atoms with Gasteiger partial charge in [0.2, 0.25) is 0 Å². The predicted molar refractivity (Wildman–Crippen MR) is 141 cm³/mol. The first-order chi connectivity index (χ1) is 17.0. The average molecular weight is 506 g/mol. The summed E-state index contributed by atoms with van der Waals surface area (Å²) < 4.78 is 7.36. The quantitative estimate of drug-likeness (QED) is 0.183. The van der Waals surface area contributed by atoms with Crippen molar-refractivity contribution >= 4 is 35.5 Å². The number of ether oxygens (including phenoxy) is 1. The number of aryl methyl sites for hydroxylation is 1. The van der Waals surface area contributed by atoms with Crippen LogP contribution in [-0.2, 0) is 4.79 Å². The maximum atomic E-state index is 12.4. The van der Waals surface area contributed by atoms with E-state index < -0.39 is 0 Å². The fourth-order valence-electron chi connectivity index (χ4n) is 3.23. The van der Waals surface area contributed by atoms with Crippen LogP contribution < -0.4 is 10.2 Å². The Morgan fingerprint density at radius 2 is 1.77 bits per heavy atom. The van der Waals surface area contributed by atoms with Gasteiger partial charge in [0.15, 0.2) is 11.0 Å². The average Bonchev–Trinajstić information content (AvgIpc) is 3.29. The molecule has 0 unspecified atom stereocenters. The van der Waals surface area contributed by atoms with E-state index in [2.05, 4.69) is 20.7 Å². The van der Waals surface area contributed by atoms with Gasteiger partial charge in [0.25, 0.3) is 5.91 Å². The van der Waals surface area contributed by atoms with Crippen LogP contribution in [0.3, 0.4) is 0 Å². The number of nitrogens with zero attached hydrogens (tertiary/aromatic N) is 4. The summed E-state index contributed by atoms with van der Waals surface area (Å²) in [5.41, 5.74) is 6.34. The maximum absolute atomic E-state index is 12.4. The van der Waals surface area contributed by atoms with E-state index in [1.54, 1.807) is 6.21 Å². The molecule has 0 aliphatic heterocycles. The van der Waals surface area contributed by atoms with Gasteiger partial charge in [-0.25, -0.2) is 5.43 Å². The number of hydrogen-bond donors (Lipinski definition) is 1. The summed E-state index contributed by atoms with van der Waals surface area (Å²) in [6.07, 6.45) is 1.59. The number of thioether (sulfide) groups is 1. The van der Waals surface area contributed by atoms with Crippen LogP contribution >= 0.6 is 23.4 Å². The van der Waals surface area contributed by atoms with Gasteiger partial charge in [0, 0.05) is 16.3 Å². The molecule has 1 N–H and O–H groups in total. The van der Waals surface area contributed by atoms with Crippen LogP contribution in [0.15, 0.2) is 83.1 Å². The molecule has 0 aliphatic rings. The molecule has 1 heterocycles. The number of carbonyl (C=O) groups excluding carboxylic acids is 1. The molecule has 3 aromatic carbocycles. The largest absolute Gasteiger partial charge is 0.494 e. The highest BCUT2D eigenvalue weighted by Gasteiger charge is 2.17. The molecule has 0 radical (unpaired) electrons. The lowest BCUT2D eigenvalue weighted by atomic mass is 10.2. The van der Waals surface area contributed by atoms with Crippen molar-refractivity contribution in [1.29, 1.82) is 0 Å². The molecule has 9 heteroatoms. The van der Waals surface area contributed by atoms with Crippen molar-refractivity contribution in [2.45, 2.75) is 19.0 Å². The van der Waals surface area contributed by atoms with E-state index in [1.165, 1.54) is 11.8 Å². The van der Waals surface area contributed by atoms with E-state index >= 15 is 0 Å². The van der Waals surface area contributed by atoms with Gasteiger partial charge >= 0.3 is 0 Å². The third kappa shape index (κ3) is 6.49. The standard InChI is InChI=1S/C26H24ClN5O2S/c1-3-34-23-14-6-19(7-15-23)16-28-29-24(33)17-35-26-31-30-25(20-8-10-21(27)11-9-20)32(26)22-12-4-18(2)5-13-22/h4-16H,3,17H2,1-2H3,(H,29,33). The molecule has 0 fully saturated rings. The SMILES string of the molecule is CCOc1ccc(C=NNC(=O)CSc2nnc(-c3ccc(Cl)cc3)n2-c2ccc(C)cc2)cc1. The Balaban J connectivity index is 1.46. The van der Waals surface area contributed by atoms with Crippen molar-refractivity contribution < 1.29 is 9.53 Å². The van der Waals surface area contributed by atoms with Gasteiger partial charge in [0.1, 0.15) is 5.75 Å². The minimum Gasteiger partial charge on any atom is -0.494 e. The third-order valence-corrected chi connectivity index (χ3v) is 6.14. The first-order valence-electron chi connectivity index (χ1n) is 11.0. The smallest absolute Gasteiger partial charge is 0.250 e. The molecule has 178 valence electrons. The van der Waals surface area contributed by atoms with Crippen LogP contribution in [0, 0.1) is 6.92 Å². The summed E-state index contributed by atoms with van der Waals surface area (Å²) in [7, 11) is 0. The Bertz CT molecular complexity index is 1300. The maximum Gasteiger partial charge on any atom is 0.250 e. The zero-order valence-electron chi connectivity index (χ0n) is 19.3. The predicted octanol–water partition coefficient (Wildman–Crippen LogP) is 5.54. The number of carbonyl (C=O) groups is 1. The number of nitrogens with one attached hydrogen (secondary N) is 1. The lowest BCUT2D eigenvalue weighted by molar-refractivity contribution is -0.118. The van der Waals surface area contributed by atoms with Crippen LogP contribution in [0.5, 0.6) is 5.75 Å². The Morgan fingerprint density at radius 3 is 2.46 bits per heavy atom. The van der Waals surface area contributed by atoms with Gasteiger partial charge in [-0.3, -0.25) is 9.36 Å². The zero-order valence-corrected chi connectivity index (χ0v) is 20.9. The van der Waals surface area contributed by atoms with Gasteiger partial charge in [-0.2, -0.15) is 5.10 Å². The number of hydrazone groups is 1. The molecular formula is C26H24ClN5O2S. The molecule has 0 bridgehead atoms. The molecule has 0 saturated carbocycles. The first kappa shape index (κ1) is 24.5. The minimum atomic E-state index is -0.247. The van der Waals surface area contributed by atoms with Gasteiger partial charge in [-0.15, -0.1) is 10.2 Å². The second-order valence-electron chi connectivity index (χ2n) is 7.57. The molecule has 35 heavy (non-hydrogen) atoms. The fourth-order valence-corrected chi connectivity index (χ4v) is 4.10. The van der Waals surface area contributed by atoms with E-state index in [0.29, 0.717) is 22.6 Å². The first-order valence-corrected chi connectivity index (χ1v) is 12.4. The van der Waals surface area contributed by atoms with Gasteiger partial charge in [-0.05, 0) is 80.1 Å². The van der Waals surface area contributed by atoms with Crippen molar-refractivity contribution in [1.82, 2.24) is 20.2 Å². The highest BCUT2D eigenvalue weighted by molar-refractivity contribution is 7.99. The number of amides is 1. The zero-order chi connectivity index (χ0) is 24.6. The molecule has 7 nitrogen and oxygen atoms in total. The second kappa shape index (κ2) is 11.7. The monoisotopic (exact) mass is 505 g/mol. The Hall–Kier alpha value is -3.62. The summed E-state index contributed by atoms with van der Waals surface area (Å²) >= 11 is 7.34. The molecule has 4 aromatic rings. The summed E-state index contributed by atoms with van der Waals surface area (Å²) in [4.78, 5) is 12.4. The molecule has 4 rings (SSSR count). The summed E-state index contributed by atoms with van der Waals surface area (Å²) in [6.45, 7) is 4.58. The number of aromatic nitrogens is 3. The van der Waals surface area contributed by atoms with E-state index in [0.717, 1.165) is 28.1 Å². The summed E-state index contributed by atoms with van der Waals surface area (Å²) in [5, 5.41) is 14.0. The van der Waals surface area contributed by atoms with Crippen molar-refractivity contribution in [3.8, 4) is 22.8 Å². The highest BCUT2D eigenvalue weighted by atomic mass is 35.5. The van der Waals surface area contributed by atoms with E-state index in [4.69, 9.17) is 16.3 Å². The number of rotatable bonds is 9. The van der Waals surface area contributed by atoms with Crippen LogP contribution in [-0.4, -0.2) is 39.2 Å². The van der Waals surface area contributed by atoms with Crippen molar-refractivity contribution in [3.63, 3.8) is 0 Å². The highest BCUT2D eigenvalue weighted by Crippen LogP contribution is 2.28. The minimum absolute atomic E-state index is 0.130. The lowest BCUT2D eigenvalue weighted by Crippen LogP contribution is -2.20. The molecular weight excluding hydrogens is 482 g/mol. The Labute approximate surface area is 213 Å². The molecule has 0 spiro atoms. The number of benzene rings is 3. The van der Waals surface area contributed by atoms with E-state index in [1.807, 2.05) is 91.2 Å². The van der Waals surface area contributed by atoms with Gasteiger partial charge in [0.05, 0.1) is 18.6 Å². The molecule has 0 saturated heterocycles. The third-order valence-electron chi connectivity index (χ3n) is 4.95. The molecule has 0 atom stereocenters. The topological polar surface area (TPSA) is 81.4 Å². The van der Waals surface area contributed by atoms with Crippen molar-refractivity contribution in [2.24, 2.45) is 5.10 Å². The van der Waals surface area contributed by atoms with Crippen molar-refractivity contribution in [3.05, 3.63) is 88.9 Å². The number of hydrogen-bond acceptors (Lipinski definition) is 6. The van der Waals surface area contributed by atoms with Crippen LogP contribution in [0.1, 0.15) is 18.1 Å². The van der Waals surface area contributed by atoms with Gasteiger partial charge in [-0.1, -0.05) is 41.1 Å². The van der Waals surface area contributed by atoms with Crippen LogP contribution in [0.4, 0.5) is 0 Å². The lowest BCUT2D eigenvalue weighted by Gasteiger charge is -2.10. The van der Waals surface area contributed by atoms with E-state index in [9.17, 15) is 4.79 Å². The number of halogens is 1. The molecule has 1 amide bonds. The van der Waals surface area contributed by atoms with Gasteiger partial charge < -0.3 is 4.74 Å². The molecule has 0 aliphatic carbocycles. The van der Waals surface area contributed by atoms with E-state index in [-0.39, 0.29) is 11.7 Å². The summed E-state index contributed by atoms with van der Waals surface area (Å²) in [6, 6.07) is 22.9.